The molecular formula is C27H25N3O2. The van der Waals surface area contributed by atoms with Crippen LogP contribution in [-0.4, -0.2) is 16.4 Å². The van der Waals surface area contributed by atoms with Crippen molar-refractivity contribution in [1.29, 1.82) is 0 Å². The third kappa shape index (κ3) is 4.78. The number of nitrogens with one attached hydrogen (secondary N) is 2. The maximum absolute atomic E-state index is 13.1. The summed E-state index contributed by atoms with van der Waals surface area (Å²) in [5.74, 6) is -0.673. The molecule has 32 heavy (non-hydrogen) atoms. The van der Waals surface area contributed by atoms with E-state index in [2.05, 4.69) is 10.6 Å². The van der Waals surface area contributed by atoms with Crippen LogP contribution in [0.2, 0.25) is 0 Å². The molecule has 2 amide bonds. The highest BCUT2D eigenvalue weighted by Crippen LogP contribution is 2.22. The van der Waals surface area contributed by atoms with Crippen molar-refractivity contribution in [2.24, 2.45) is 7.05 Å². The average Bonchev–Trinajstić information content (AvgIpc) is 3.13. The van der Waals surface area contributed by atoms with Crippen LogP contribution in [0.3, 0.4) is 0 Å². The van der Waals surface area contributed by atoms with Crippen molar-refractivity contribution in [2.75, 3.05) is 0 Å². The van der Waals surface area contributed by atoms with E-state index in [4.69, 9.17) is 0 Å². The number of hydrogen-bond donors (Lipinski definition) is 2. The summed E-state index contributed by atoms with van der Waals surface area (Å²) in [6.07, 6.45) is 3.68. The highest BCUT2D eigenvalue weighted by molar-refractivity contribution is 6.06. The van der Waals surface area contributed by atoms with Gasteiger partial charge >= 0.3 is 0 Å². The predicted molar refractivity (Wildman–Crippen MR) is 128 cm³/mol. The summed E-state index contributed by atoms with van der Waals surface area (Å²) in [4.78, 5) is 26.0. The Balaban J connectivity index is 1.65. The molecule has 4 aromatic rings. The lowest BCUT2D eigenvalue weighted by Crippen LogP contribution is -2.34. The van der Waals surface area contributed by atoms with E-state index < -0.39 is 0 Å². The molecule has 5 heteroatoms. The second-order valence-corrected chi connectivity index (χ2v) is 7.76. The SMILES string of the molecule is Cc1ccc(C(=O)N/C(=C\c2cn(C)c3ccccc23)C(=O)NCc2ccccc2)cc1. The smallest absolute Gasteiger partial charge is 0.268 e. The first-order valence-electron chi connectivity index (χ1n) is 10.5. The lowest BCUT2D eigenvalue weighted by atomic mass is 10.1. The fraction of sp³-hybridized carbons (Fsp3) is 0.111. The summed E-state index contributed by atoms with van der Waals surface area (Å²) < 4.78 is 2.00. The zero-order valence-corrected chi connectivity index (χ0v) is 18.1. The Morgan fingerprint density at radius 2 is 1.59 bits per heavy atom. The summed E-state index contributed by atoms with van der Waals surface area (Å²) in [7, 11) is 1.96. The maximum Gasteiger partial charge on any atom is 0.268 e. The topological polar surface area (TPSA) is 63.1 Å². The summed E-state index contributed by atoms with van der Waals surface area (Å²) >= 11 is 0. The minimum Gasteiger partial charge on any atom is -0.350 e. The van der Waals surface area contributed by atoms with E-state index in [1.165, 1.54) is 0 Å². The molecule has 0 aliphatic rings. The third-order valence-electron chi connectivity index (χ3n) is 5.33. The van der Waals surface area contributed by atoms with Crippen LogP contribution in [0.5, 0.6) is 0 Å². The maximum atomic E-state index is 13.1. The molecule has 0 saturated carbocycles. The highest BCUT2D eigenvalue weighted by atomic mass is 16.2. The fourth-order valence-electron chi connectivity index (χ4n) is 3.57. The molecule has 0 aliphatic heterocycles. The van der Waals surface area contributed by atoms with Crippen molar-refractivity contribution in [3.8, 4) is 0 Å². The zero-order valence-electron chi connectivity index (χ0n) is 18.1. The largest absolute Gasteiger partial charge is 0.350 e. The van der Waals surface area contributed by atoms with Gasteiger partial charge in [0, 0.05) is 41.8 Å². The number of para-hydroxylation sites is 1. The van der Waals surface area contributed by atoms with E-state index in [1.54, 1.807) is 18.2 Å². The van der Waals surface area contributed by atoms with Crippen LogP contribution in [0, 0.1) is 6.92 Å². The quantitative estimate of drug-likeness (QED) is 0.446. The summed E-state index contributed by atoms with van der Waals surface area (Å²) in [5.41, 5.74) is 4.65. The molecular weight excluding hydrogens is 398 g/mol. The van der Waals surface area contributed by atoms with Gasteiger partial charge in [0.25, 0.3) is 11.8 Å². The van der Waals surface area contributed by atoms with E-state index in [-0.39, 0.29) is 17.5 Å². The number of carbonyl (C=O) groups is 2. The zero-order chi connectivity index (χ0) is 22.5. The Bertz CT molecular complexity index is 1290. The van der Waals surface area contributed by atoms with Gasteiger partial charge in [-0.25, -0.2) is 0 Å². The Kier molecular flexibility index (Phi) is 6.17. The Morgan fingerprint density at radius 1 is 0.906 bits per heavy atom. The lowest BCUT2D eigenvalue weighted by molar-refractivity contribution is -0.117. The van der Waals surface area contributed by atoms with Gasteiger partial charge in [0.2, 0.25) is 0 Å². The van der Waals surface area contributed by atoms with Gasteiger partial charge in [0.05, 0.1) is 0 Å². The van der Waals surface area contributed by atoms with Crippen LogP contribution >= 0.6 is 0 Å². The van der Waals surface area contributed by atoms with Crippen molar-refractivity contribution in [3.05, 3.63) is 113 Å². The van der Waals surface area contributed by atoms with Gasteiger partial charge in [-0.2, -0.15) is 0 Å². The number of aryl methyl sites for hydroxylation is 2. The first kappa shape index (κ1) is 21.1. The van der Waals surface area contributed by atoms with Gasteiger partial charge in [0.15, 0.2) is 0 Å². The second kappa shape index (κ2) is 9.35. The van der Waals surface area contributed by atoms with Gasteiger partial charge in [-0.1, -0.05) is 66.2 Å². The fourth-order valence-corrected chi connectivity index (χ4v) is 3.57. The first-order chi connectivity index (χ1) is 15.5. The van der Waals surface area contributed by atoms with E-state index in [9.17, 15) is 9.59 Å². The Hall–Kier alpha value is -4.12. The molecule has 3 aromatic carbocycles. The molecule has 1 heterocycles. The van der Waals surface area contributed by atoms with E-state index >= 15 is 0 Å². The summed E-state index contributed by atoms with van der Waals surface area (Å²) in [6, 6.07) is 24.9. The molecule has 0 spiro atoms. The lowest BCUT2D eigenvalue weighted by Gasteiger charge is -2.11. The van der Waals surface area contributed by atoms with Crippen molar-refractivity contribution in [1.82, 2.24) is 15.2 Å². The first-order valence-corrected chi connectivity index (χ1v) is 10.5. The molecule has 0 atom stereocenters. The molecule has 2 N–H and O–H groups in total. The molecule has 0 bridgehead atoms. The number of amides is 2. The van der Waals surface area contributed by atoms with Crippen LogP contribution in [0.15, 0.2) is 90.8 Å². The monoisotopic (exact) mass is 423 g/mol. The van der Waals surface area contributed by atoms with Crippen LogP contribution < -0.4 is 10.6 Å². The van der Waals surface area contributed by atoms with Crippen LogP contribution in [0.1, 0.15) is 27.0 Å². The van der Waals surface area contributed by atoms with E-state index in [1.807, 2.05) is 91.5 Å². The molecule has 4 rings (SSSR count). The standard InChI is InChI=1S/C27H25N3O2/c1-19-12-14-21(15-13-19)26(31)29-24(27(32)28-17-20-8-4-3-5-9-20)16-22-18-30(2)25-11-7-6-10-23(22)25/h3-16,18H,17H2,1-2H3,(H,28,32)(H,29,31)/b24-16-. The van der Waals surface area contributed by atoms with Crippen molar-refractivity contribution in [3.63, 3.8) is 0 Å². The van der Waals surface area contributed by atoms with Crippen LogP contribution in [-0.2, 0) is 18.4 Å². The van der Waals surface area contributed by atoms with Gasteiger partial charge in [-0.05, 0) is 36.8 Å². The van der Waals surface area contributed by atoms with Gasteiger partial charge in [-0.15, -0.1) is 0 Å². The number of rotatable bonds is 6. The van der Waals surface area contributed by atoms with E-state index in [0.29, 0.717) is 12.1 Å². The number of benzene rings is 3. The van der Waals surface area contributed by atoms with Crippen LogP contribution in [0.25, 0.3) is 17.0 Å². The predicted octanol–water partition coefficient (Wildman–Crippen LogP) is 4.57. The molecule has 160 valence electrons. The van der Waals surface area contributed by atoms with Gasteiger partial charge in [0.1, 0.15) is 5.70 Å². The van der Waals surface area contributed by atoms with Gasteiger partial charge in [-0.3, -0.25) is 9.59 Å². The van der Waals surface area contributed by atoms with Crippen molar-refractivity contribution in [2.45, 2.75) is 13.5 Å². The number of carbonyl (C=O) groups excluding carboxylic acids is 2. The summed E-state index contributed by atoms with van der Waals surface area (Å²) in [6.45, 7) is 2.33. The Morgan fingerprint density at radius 3 is 2.34 bits per heavy atom. The number of aromatic nitrogens is 1. The van der Waals surface area contributed by atoms with Gasteiger partial charge < -0.3 is 15.2 Å². The minimum atomic E-state index is -0.345. The third-order valence-corrected chi connectivity index (χ3v) is 5.33. The molecule has 0 saturated heterocycles. The Labute approximate surface area is 187 Å². The highest BCUT2D eigenvalue weighted by Gasteiger charge is 2.16. The molecule has 5 nitrogen and oxygen atoms in total. The second-order valence-electron chi connectivity index (χ2n) is 7.76. The minimum absolute atomic E-state index is 0.197. The van der Waals surface area contributed by atoms with Crippen LogP contribution in [0.4, 0.5) is 0 Å². The van der Waals surface area contributed by atoms with E-state index in [0.717, 1.165) is 27.6 Å². The molecule has 0 radical (unpaired) electrons. The normalized spacial score (nSPS) is 11.4. The summed E-state index contributed by atoms with van der Waals surface area (Å²) in [5, 5.41) is 6.73. The molecule has 0 unspecified atom stereocenters. The number of nitrogens with zero attached hydrogens (tertiary/aromatic N) is 1. The number of fused-ring (bicyclic) bond motifs is 1. The molecule has 1 aromatic heterocycles. The molecule has 0 aliphatic carbocycles. The van der Waals surface area contributed by atoms with Crippen molar-refractivity contribution < 1.29 is 9.59 Å². The molecule has 0 fully saturated rings. The van der Waals surface area contributed by atoms with Crippen molar-refractivity contribution >= 4 is 28.8 Å². The number of hydrogen-bond acceptors (Lipinski definition) is 2. The average molecular weight is 424 g/mol.